The third-order valence-corrected chi connectivity index (χ3v) is 4.33. The van der Waals surface area contributed by atoms with Crippen molar-refractivity contribution in [3.05, 3.63) is 60.2 Å². The van der Waals surface area contributed by atoms with Crippen molar-refractivity contribution >= 4 is 28.6 Å². The third kappa shape index (κ3) is 2.88. The topological polar surface area (TPSA) is 57.0 Å². The van der Waals surface area contributed by atoms with Crippen molar-refractivity contribution in [3.63, 3.8) is 0 Å². The van der Waals surface area contributed by atoms with Gasteiger partial charge in [-0.15, -0.1) is 5.10 Å². The van der Waals surface area contributed by atoms with Crippen molar-refractivity contribution in [3.8, 4) is 0 Å². The van der Waals surface area contributed by atoms with Crippen molar-refractivity contribution in [2.45, 2.75) is 5.37 Å². The van der Waals surface area contributed by atoms with E-state index in [-0.39, 0.29) is 5.78 Å². The lowest BCUT2D eigenvalue weighted by Crippen LogP contribution is -2.19. The van der Waals surface area contributed by atoms with Crippen LogP contribution in [0.25, 0.3) is 11.0 Å². The first-order valence-electron chi connectivity index (χ1n) is 6.81. The summed E-state index contributed by atoms with van der Waals surface area (Å²) < 4.78 is 6.78. The highest BCUT2D eigenvalue weighted by molar-refractivity contribution is 7.99. The predicted octanol–water partition coefficient (Wildman–Crippen LogP) is 3.15. The molecule has 0 aliphatic heterocycles. The van der Waals surface area contributed by atoms with Gasteiger partial charge in [-0.3, -0.25) is 4.79 Å². The Hall–Kier alpha value is -2.18. The summed E-state index contributed by atoms with van der Waals surface area (Å²) in [6, 6.07) is 16.8. The second kappa shape index (κ2) is 6.72. The van der Waals surface area contributed by atoms with Crippen LogP contribution < -0.4 is 0 Å². The molecule has 112 valence electrons. The van der Waals surface area contributed by atoms with Crippen molar-refractivity contribution in [2.75, 3.05) is 13.0 Å². The summed E-state index contributed by atoms with van der Waals surface area (Å²) in [5, 5.41) is 7.79. The van der Waals surface area contributed by atoms with Gasteiger partial charge in [0.15, 0.2) is 11.2 Å². The Morgan fingerprint density at radius 2 is 1.91 bits per heavy atom. The smallest absolute Gasteiger partial charge is 0.197 e. The highest BCUT2D eigenvalue weighted by Crippen LogP contribution is 2.29. The molecule has 0 fully saturated rings. The van der Waals surface area contributed by atoms with E-state index in [9.17, 15) is 4.79 Å². The molecule has 22 heavy (non-hydrogen) atoms. The number of benzene rings is 2. The van der Waals surface area contributed by atoms with Gasteiger partial charge in [-0.05, 0) is 12.1 Å². The van der Waals surface area contributed by atoms with Gasteiger partial charge < -0.3 is 4.74 Å². The number of aromatic nitrogens is 3. The summed E-state index contributed by atoms with van der Waals surface area (Å²) in [5.74, 6) is 0.385. The normalized spacial score (nSPS) is 12.4. The SMILES string of the molecule is COCSC(C(=O)c1ccccc1)n1nnc2ccccc21. The summed E-state index contributed by atoms with van der Waals surface area (Å²) in [5.41, 5.74) is 2.25. The fourth-order valence-electron chi connectivity index (χ4n) is 2.20. The molecule has 0 bridgehead atoms. The molecule has 1 atom stereocenters. The maximum absolute atomic E-state index is 12.8. The number of thioether (sulfide) groups is 1. The number of ether oxygens (including phenoxy) is 1. The van der Waals surface area contributed by atoms with E-state index >= 15 is 0 Å². The molecule has 0 saturated carbocycles. The van der Waals surface area contributed by atoms with Crippen molar-refractivity contribution in [1.29, 1.82) is 0 Å². The third-order valence-electron chi connectivity index (χ3n) is 3.23. The highest BCUT2D eigenvalue weighted by Gasteiger charge is 2.25. The predicted molar refractivity (Wildman–Crippen MR) is 86.8 cm³/mol. The number of nitrogens with zero attached hydrogens (tertiary/aromatic N) is 3. The molecular formula is C16H15N3O2S. The van der Waals surface area contributed by atoms with Crippen LogP contribution in [0.3, 0.4) is 0 Å². The number of hydrogen-bond donors (Lipinski definition) is 0. The van der Waals surface area contributed by atoms with Crippen LogP contribution in [0.4, 0.5) is 0 Å². The quantitative estimate of drug-likeness (QED) is 0.517. The van der Waals surface area contributed by atoms with E-state index in [0.717, 1.165) is 11.0 Å². The zero-order valence-electron chi connectivity index (χ0n) is 12.0. The lowest BCUT2D eigenvalue weighted by Gasteiger charge is -2.16. The molecule has 0 spiro atoms. The minimum absolute atomic E-state index is 0.0155. The Morgan fingerprint density at radius 3 is 2.68 bits per heavy atom. The van der Waals surface area contributed by atoms with Gasteiger partial charge in [0, 0.05) is 12.7 Å². The Labute approximate surface area is 132 Å². The second-order valence-electron chi connectivity index (χ2n) is 4.68. The van der Waals surface area contributed by atoms with E-state index in [1.807, 2.05) is 54.6 Å². The number of ketones is 1. The number of fused-ring (bicyclic) bond motifs is 1. The van der Waals surface area contributed by atoms with Crippen LogP contribution in [-0.2, 0) is 4.74 Å². The summed E-state index contributed by atoms with van der Waals surface area (Å²) in [6.07, 6.45) is 0. The van der Waals surface area contributed by atoms with Crippen molar-refractivity contribution in [1.82, 2.24) is 15.0 Å². The largest absolute Gasteiger partial charge is 0.374 e. The lowest BCUT2D eigenvalue weighted by atomic mass is 10.1. The average molecular weight is 313 g/mol. The fraction of sp³-hybridized carbons (Fsp3) is 0.188. The summed E-state index contributed by atoms with van der Waals surface area (Å²) in [6.45, 7) is 0. The zero-order valence-corrected chi connectivity index (χ0v) is 12.9. The molecule has 2 aromatic carbocycles. The second-order valence-corrected chi connectivity index (χ2v) is 5.69. The van der Waals surface area contributed by atoms with Gasteiger partial charge in [0.1, 0.15) is 5.52 Å². The molecule has 0 saturated heterocycles. The molecular weight excluding hydrogens is 298 g/mol. The van der Waals surface area contributed by atoms with Crippen LogP contribution >= 0.6 is 11.8 Å². The van der Waals surface area contributed by atoms with Crippen LogP contribution in [0, 0.1) is 0 Å². The Bertz CT molecular complexity index is 773. The zero-order chi connectivity index (χ0) is 15.4. The molecule has 3 aromatic rings. The summed E-state index contributed by atoms with van der Waals surface area (Å²) in [4.78, 5) is 12.8. The Kier molecular flexibility index (Phi) is 4.50. The summed E-state index contributed by atoms with van der Waals surface area (Å²) in [7, 11) is 1.61. The number of Topliss-reactive ketones (excluding diaryl/α,β-unsaturated/α-hetero) is 1. The molecule has 1 heterocycles. The van der Waals surface area contributed by atoms with E-state index in [1.54, 1.807) is 11.8 Å². The van der Waals surface area contributed by atoms with Gasteiger partial charge in [0.25, 0.3) is 0 Å². The molecule has 6 heteroatoms. The van der Waals surface area contributed by atoms with Crippen LogP contribution in [0.2, 0.25) is 0 Å². The van der Waals surface area contributed by atoms with Gasteiger partial charge in [-0.1, -0.05) is 59.4 Å². The maximum Gasteiger partial charge on any atom is 0.197 e. The number of para-hydroxylation sites is 1. The number of methoxy groups -OCH3 is 1. The molecule has 5 nitrogen and oxygen atoms in total. The van der Waals surface area contributed by atoms with Crippen LogP contribution in [-0.4, -0.2) is 33.8 Å². The van der Waals surface area contributed by atoms with E-state index in [1.165, 1.54) is 11.8 Å². The first-order chi connectivity index (χ1) is 10.8. The first kappa shape index (κ1) is 14.7. The minimum Gasteiger partial charge on any atom is -0.374 e. The number of rotatable bonds is 6. The number of carbonyl (C=O) groups is 1. The monoisotopic (exact) mass is 313 g/mol. The molecule has 0 aliphatic rings. The molecule has 0 N–H and O–H groups in total. The van der Waals surface area contributed by atoms with Crippen molar-refractivity contribution in [2.24, 2.45) is 0 Å². The van der Waals surface area contributed by atoms with Gasteiger partial charge in [-0.2, -0.15) is 0 Å². The molecule has 1 aromatic heterocycles. The van der Waals surface area contributed by atoms with Crippen LogP contribution in [0.1, 0.15) is 15.7 Å². The van der Waals surface area contributed by atoms with E-state index in [4.69, 9.17) is 4.74 Å². The Balaban J connectivity index is 2.01. The van der Waals surface area contributed by atoms with E-state index in [2.05, 4.69) is 10.3 Å². The molecule has 0 amide bonds. The van der Waals surface area contributed by atoms with E-state index in [0.29, 0.717) is 11.5 Å². The van der Waals surface area contributed by atoms with E-state index < -0.39 is 5.37 Å². The molecule has 0 aliphatic carbocycles. The van der Waals surface area contributed by atoms with Gasteiger partial charge in [-0.25, -0.2) is 4.68 Å². The minimum atomic E-state index is -0.505. The standard InChI is InChI=1S/C16H15N3O2S/c1-21-11-22-16(15(20)12-7-3-2-4-8-12)19-14-10-6-5-9-13(14)17-18-19/h2-10,16H,11H2,1H3. The fourth-order valence-corrected chi connectivity index (χ4v) is 3.04. The average Bonchev–Trinajstić information content (AvgIpc) is 3.00. The molecule has 0 radical (unpaired) electrons. The summed E-state index contributed by atoms with van der Waals surface area (Å²) >= 11 is 1.39. The van der Waals surface area contributed by atoms with Gasteiger partial charge >= 0.3 is 0 Å². The van der Waals surface area contributed by atoms with Crippen LogP contribution in [0.5, 0.6) is 0 Å². The maximum atomic E-state index is 12.8. The highest BCUT2D eigenvalue weighted by atomic mass is 32.2. The Morgan fingerprint density at radius 1 is 1.18 bits per heavy atom. The number of hydrogen-bond acceptors (Lipinski definition) is 5. The van der Waals surface area contributed by atoms with Gasteiger partial charge in [0.2, 0.25) is 0 Å². The lowest BCUT2D eigenvalue weighted by molar-refractivity contribution is 0.0962. The molecule has 1 unspecified atom stereocenters. The van der Waals surface area contributed by atoms with Crippen LogP contribution in [0.15, 0.2) is 54.6 Å². The van der Waals surface area contributed by atoms with Crippen molar-refractivity contribution < 1.29 is 9.53 Å². The molecule has 3 rings (SSSR count). The number of carbonyl (C=O) groups excluding carboxylic acids is 1. The first-order valence-corrected chi connectivity index (χ1v) is 7.86. The van der Waals surface area contributed by atoms with Gasteiger partial charge in [0.05, 0.1) is 11.5 Å².